The molecule has 1 saturated carbocycles. The standard InChI is InChI=1S/C24H30N2S/c1-19-15-24(11-5-12-24)18-26(19)27-23-9-8-22-17-25(13-10-21(22)14-23)16-20-6-3-2-4-7-20/h2-4,6-9,14,19H,5,10-13,15-18H2,1H3. The van der Waals surface area contributed by atoms with E-state index in [0.717, 1.165) is 13.1 Å². The molecule has 3 aliphatic rings. The third-order valence-electron chi connectivity index (χ3n) is 6.87. The minimum atomic E-state index is 0.665. The molecule has 142 valence electrons. The highest BCUT2D eigenvalue weighted by Gasteiger charge is 2.46. The first-order chi connectivity index (χ1) is 13.2. The number of rotatable bonds is 4. The third-order valence-corrected chi connectivity index (χ3v) is 8.05. The Bertz CT molecular complexity index is 799. The molecule has 3 heteroatoms. The van der Waals surface area contributed by atoms with E-state index >= 15 is 0 Å². The van der Waals surface area contributed by atoms with E-state index in [1.165, 1.54) is 61.2 Å². The lowest BCUT2D eigenvalue weighted by molar-refractivity contribution is 0.154. The Balaban J connectivity index is 1.24. The van der Waals surface area contributed by atoms with E-state index in [1.807, 2.05) is 11.9 Å². The van der Waals surface area contributed by atoms with Crippen LogP contribution in [0.2, 0.25) is 0 Å². The highest BCUT2D eigenvalue weighted by atomic mass is 32.2. The molecule has 1 spiro atoms. The van der Waals surface area contributed by atoms with E-state index in [2.05, 4.69) is 64.7 Å². The van der Waals surface area contributed by atoms with E-state index in [0.29, 0.717) is 11.5 Å². The van der Waals surface area contributed by atoms with Crippen LogP contribution in [-0.4, -0.2) is 28.3 Å². The van der Waals surface area contributed by atoms with Crippen LogP contribution in [0.1, 0.15) is 49.3 Å². The summed E-state index contributed by atoms with van der Waals surface area (Å²) in [5, 5.41) is 0. The van der Waals surface area contributed by atoms with Gasteiger partial charge in [-0.2, -0.15) is 0 Å². The van der Waals surface area contributed by atoms with E-state index in [9.17, 15) is 0 Å². The Hall–Kier alpha value is -1.29. The monoisotopic (exact) mass is 378 g/mol. The molecule has 2 aromatic rings. The molecular weight excluding hydrogens is 348 g/mol. The molecule has 2 aliphatic heterocycles. The number of nitrogens with zero attached hydrogens (tertiary/aromatic N) is 2. The van der Waals surface area contributed by atoms with Gasteiger partial charge in [0, 0.05) is 37.1 Å². The first-order valence-electron chi connectivity index (χ1n) is 10.5. The molecule has 5 rings (SSSR count). The molecule has 0 aromatic heterocycles. The van der Waals surface area contributed by atoms with Gasteiger partial charge in [-0.3, -0.25) is 4.90 Å². The van der Waals surface area contributed by atoms with Crippen molar-refractivity contribution in [1.29, 1.82) is 0 Å². The topological polar surface area (TPSA) is 6.48 Å². The molecule has 2 heterocycles. The number of hydrogen-bond acceptors (Lipinski definition) is 3. The van der Waals surface area contributed by atoms with Crippen molar-refractivity contribution in [2.45, 2.75) is 63.1 Å². The largest absolute Gasteiger partial charge is 0.294 e. The molecule has 2 aromatic carbocycles. The fourth-order valence-electron chi connectivity index (χ4n) is 5.20. The maximum absolute atomic E-state index is 2.66. The van der Waals surface area contributed by atoms with E-state index in [1.54, 1.807) is 5.56 Å². The Kier molecular flexibility index (Phi) is 4.79. The molecule has 0 N–H and O–H groups in total. The van der Waals surface area contributed by atoms with Crippen molar-refractivity contribution >= 4 is 11.9 Å². The maximum Gasteiger partial charge on any atom is 0.0240 e. The Labute approximate surface area is 168 Å². The van der Waals surface area contributed by atoms with Crippen LogP contribution in [0, 0.1) is 5.41 Å². The maximum atomic E-state index is 2.66. The van der Waals surface area contributed by atoms with Crippen LogP contribution in [-0.2, 0) is 19.5 Å². The van der Waals surface area contributed by atoms with Crippen molar-refractivity contribution < 1.29 is 0 Å². The van der Waals surface area contributed by atoms with Crippen LogP contribution in [0.25, 0.3) is 0 Å². The summed E-state index contributed by atoms with van der Waals surface area (Å²) in [4.78, 5) is 4.02. The van der Waals surface area contributed by atoms with Gasteiger partial charge in [-0.15, -0.1) is 0 Å². The van der Waals surface area contributed by atoms with Gasteiger partial charge in [0.25, 0.3) is 0 Å². The van der Waals surface area contributed by atoms with E-state index in [-0.39, 0.29) is 0 Å². The van der Waals surface area contributed by atoms with Crippen molar-refractivity contribution in [3.05, 3.63) is 65.2 Å². The molecule has 27 heavy (non-hydrogen) atoms. The lowest BCUT2D eigenvalue weighted by atomic mass is 9.68. The molecule has 0 bridgehead atoms. The zero-order valence-corrected chi connectivity index (χ0v) is 17.2. The predicted octanol–water partition coefficient (Wildman–Crippen LogP) is 5.52. The fraction of sp³-hybridized carbons (Fsp3) is 0.500. The molecule has 1 saturated heterocycles. The molecule has 0 radical (unpaired) electrons. The van der Waals surface area contributed by atoms with Crippen LogP contribution in [0.5, 0.6) is 0 Å². The van der Waals surface area contributed by atoms with Crippen molar-refractivity contribution in [3.8, 4) is 0 Å². The molecule has 0 amide bonds. The summed E-state index contributed by atoms with van der Waals surface area (Å²) >= 11 is 2.01. The van der Waals surface area contributed by atoms with Gasteiger partial charge in [0.2, 0.25) is 0 Å². The molecule has 2 fully saturated rings. The van der Waals surface area contributed by atoms with Crippen molar-refractivity contribution in [2.24, 2.45) is 5.41 Å². The number of fused-ring (bicyclic) bond motifs is 1. The van der Waals surface area contributed by atoms with Gasteiger partial charge in [-0.25, -0.2) is 4.31 Å². The lowest BCUT2D eigenvalue weighted by Crippen LogP contribution is -2.31. The summed E-state index contributed by atoms with van der Waals surface area (Å²) in [5.74, 6) is 0. The van der Waals surface area contributed by atoms with Gasteiger partial charge in [0.05, 0.1) is 0 Å². The van der Waals surface area contributed by atoms with Gasteiger partial charge in [-0.1, -0.05) is 42.8 Å². The Morgan fingerprint density at radius 2 is 1.93 bits per heavy atom. The van der Waals surface area contributed by atoms with Gasteiger partial charge in [-0.05, 0) is 78.8 Å². The normalized spacial score (nSPS) is 24.7. The minimum absolute atomic E-state index is 0.665. The van der Waals surface area contributed by atoms with Crippen molar-refractivity contribution in [3.63, 3.8) is 0 Å². The number of hydrogen-bond donors (Lipinski definition) is 0. The first kappa shape index (κ1) is 17.8. The summed E-state index contributed by atoms with van der Waals surface area (Å²) in [6, 6.07) is 18.8. The van der Waals surface area contributed by atoms with Gasteiger partial charge in [0.15, 0.2) is 0 Å². The SMILES string of the molecule is CC1CC2(CCC2)CN1Sc1ccc2c(c1)CCN(Cc1ccccc1)C2. The molecule has 1 unspecified atom stereocenters. The van der Waals surface area contributed by atoms with Gasteiger partial charge < -0.3 is 0 Å². The van der Waals surface area contributed by atoms with Crippen LogP contribution in [0.15, 0.2) is 53.4 Å². The first-order valence-corrected chi connectivity index (χ1v) is 11.3. The summed E-state index contributed by atoms with van der Waals surface area (Å²) < 4.78 is 2.66. The quantitative estimate of drug-likeness (QED) is 0.647. The van der Waals surface area contributed by atoms with Gasteiger partial charge >= 0.3 is 0 Å². The van der Waals surface area contributed by atoms with Crippen molar-refractivity contribution in [1.82, 2.24) is 9.21 Å². The number of benzene rings is 2. The average molecular weight is 379 g/mol. The zero-order chi connectivity index (χ0) is 18.3. The fourth-order valence-corrected chi connectivity index (χ4v) is 6.38. The van der Waals surface area contributed by atoms with Crippen molar-refractivity contribution in [2.75, 3.05) is 13.1 Å². The highest BCUT2D eigenvalue weighted by molar-refractivity contribution is 7.97. The average Bonchev–Trinajstić information content (AvgIpc) is 3.00. The lowest BCUT2D eigenvalue weighted by Gasteiger charge is -2.38. The Morgan fingerprint density at radius 1 is 1.07 bits per heavy atom. The second-order valence-corrected chi connectivity index (χ2v) is 10.1. The molecule has 1 aliphatic carbocycles. The smallest absolute Gasteiger partial charge is 0.0240 e. The highest BCUT2D eigenvalue weighted by Crippen LogP contribution is 2.52. The van der Waals surface area contributed by atoms with Crippen LogP contribution < -0.4 is 0 Å². The van der Waals surface area contributed by atoms with Crippen LogP contribution >= 0.6 is 11.9 Å². The van der Waals surface area contributed by atoms with Crippen LogP contribution in [0.3, 0.4) is 0 Å². The summed E-state index contributed by atoms with van der Waals surface area (Å²) in [5.41, 5.74) is 5.17. The van der Waals surface area contributed by atoms with E-state index < -0.39 is 0 Å². The zero-order valence-electron chi connectivity index (χ0n) is 16.4. The third kappa shape index (κ3) is 3.70. The second kappa shape index (κ2) is 7.27. The minimum Gasteiger partial charge on any atom is -0.294 e. The predicted molar refractivity (Wildman–Crippen MR) is 114 cm³/mol. The Morgan fingerprint density at radius 3 is 2.67 bits per heavy atom. The summed E-state index contributed by atoms with van der Waals surface area (Å²) in [6.45, 7) is 7.02. The van der Waals surface area contributed by atoms with Crippen LogP contribution in [0.4, 0.5) is 0 Å². The molecule has 2 nitrogen and oxygen atoms in total. The van der Waals surface area contributed by atoms with Gasteiger partial charge in [0.1, 0.15) is 0 Å². The summed E-state index contributed by atoms with van der Waals surface area (Å²) in [7, 11) is 0. The second-order valence-electron chi connectivity index (χ2n) is 8.95. The summed E-state index contributed by atoms with van der Waals surface area (Å²) in [6.07, 6.45) is 6.94. The molecular formula is C24H30N2S. The van der Waals surface area contributed by atoms with E-state index in [4.69, 9.17) is 0 Å². The molecule has 1 atom stereocenters.